The lowest BCUT2D eigenvalue weighted by Gasteiger charge is -2.11. The molecule has 0 aliphatic carbocycles. The molecule has 0 saturated heterocycles. The number of hydrogen-bond donors (Lipinski definition) is 2. The lowest BCUT2D eigenvalue weighted by molar-refractivity contribution is -0.120. The third kappa shape index (κ3) is 6.65. The Kier molecular flexibility index (Phi) is 8.75. The van der Waals surface area contributed by atoms with Crippen molar-refractivity contribution in [3.8, 4) is 5.75 Å². The van der Waals surface area contributed by atoms with Crippen LogP contribution in [0.4, 0.5) is 0 Å². The molecular weight excluding hydrogens is 628 g/mol. The summed E-state index contributed by atoms with van der Waals surface area (Å²) in [5.41, 5.74) is 3.48. The number of esters is 1. The Labute approximate surface area is 235 Å². The Bertz CT molecular complexity index is 1540. The van der Waals surface area contributed by atoms with Crippen LogP contribution in [0.3, 0.4) is 0 Å². The molecule has 0 atom stereocenters. The molecule has 0 fully saturated rings. The zero-order valence-electron chi connectivity index (χ0n) is 19.0. The molecule has 0 aliphatic heterocycles. The summed E-state index contributed by atoms with van der Waals surface area (Å²) in [6, 6.07) is 22.4. The van der Waals surface area contributed by atoms with E-state index in [9.17, 15) is 14.4 Å². The Morgan fingerprint density at radius 3 is 2.46 bits per heavy atom. The van der Waals surface area contributed by atoms with Gasteiger partial charge in [-0.15, -0.1) is 0 Å². The van der Waals surface area contributed by atoms with E-state index in [1.54, 1.807) is 36.4 Å². The first-order valence-corrected chi connectivity index (χ1v) is 12.7. The number of amides is 2. The smallest absolute Gasteiger partial charge is 0.345 e. The molecule has 0 unspecified atom stereocenters. The maximum atomic E-state index is 12.8. The lowest BCUT2D eigenvalue weighted by Crippen LogP contribution is -2.35. The number of carbonyl (C=O) groups excluding carboxylic acids is 3. The number of hydrogen-bond acceptors (Lipinski definition) is 5. The molecule has 37 heavy (non-hydrogen) atoms. The van der Waals surface area contributed by atoms with Crippen molar-refractivity contribution in [1.82, 2.24) is 10.7 Å². The van der Waals surface area contributed by atoms with E-state index in [1.807, 2.05) is 30.3 Å². The van der Waals surface area contributed by atoms with Gasteiger partial charge in [-0.1, -0.05) is 65.7 Å². The highest BCUT2D eigenvalue weighted by Crippen LogP contribution is 2.29. The van der Waals surface area contributed by atoms with Crippen LogP contribution < -0.4 is 15.5 Å². The Hall–Kier alpha value is -3.47. The van der Waals surface area contributed by atoms with Crippen LogP contribution in [0.25, 0.3) is 10.8 Å². The largest absolute Gasteiger partial charge is 0.422 e. The van der Waals surface area contributed by atoms with Crippen LogP contribution in [0.5, 0.6) is 5.75 Å². The average molecular weight is 646 g/mol. The molecule has 7 nitrogen and oxygen atoms in total. The van der Waals surface area contributed by atoms with Crippen LogP contribution in [0.1, 0.15) is 26.3 Å². The van der Waals surface area contributed by atoms with E-state index in [-0.39, 0.29) is 28.8 Å². The third-order valence-electron chi connectivity index (χ3n) is 5.20. The molecule has 4 rings (SSSR count). The van der Waals surface area contributed by atoms with Crippen molar-refractivity contribution >= 4 is 80.6 Å². The minimum absolute atomic E-state index is 0.152. The second-order valence-electron chi connectivity index (χ2n) is 7.67. The number of ether oxygens (including phenoxy) is 1. The van der Waals surface area contributed by atoms with Gasteiger partial charge in [-0.3, -0.25) is 9.59 Å². The van der Waals surface area contributed by atoms with Crippen molar-refractivity contribution in [3.63, 3.8) is 0 Å². The first-order valence-electron chi connectivity index (χ1n) is 10.9. The second-order valence-corrected chi connectivity index (χ2v) is 9.67. The van der Waals surface area contributed by atoms with Crippen molar-refractivity contribution in [3.05, 3.63) is 109 Å². The number of nitrogens with zero attached hydrogens (tertiary/aromatic N) is 1. The van der Waals surface area contributed by atoms with Crippen molar-refractivity contribution in [2.24, 2.45) is 5.10 Å². The summed E-state index contributed by atoms with van der Waals surface area (Å²) >= 11 is 14.1. The Morgan fingerprint density at radius 1 is 0.919 bits per heavy atom. The summed E-state index contributed by atoms with van der Waals surface area (Å²) in [7, 11) is 0. The monoisotopic (exact) mass is 645 g/mol. The Balaban J connectivity index is 1.49. The molecule has 0 spiro atoms. The molecule has 0 saturated carbocycles. The summed E-state index contributed by atoms with van der Waals surface area (Å²) in [6.45, 7) is -0.270. The number of hydrazone groups is 1. The van der Waals surface area contributed by atoms with Crippen LogP contribution in [-0.2, 0) is 4.79 Å². The van der Waals surface area contributed by atoms with Gasteiger partial charge in [0.2, 0.25) is 0 Å². The average Bonchev–Trinajstić information content (AvgIpc) is 2.88. The third-order valence-corrected chi connectivity index (χ3v) is 6.68. The van der Waals surface area contributed by atoms with Crippen LogP contribution >= 0.6 is 45.8 Å². The standard InChI is InChI=1S/C27H18Cl2IN3O4/c28-17-10-11-19(22(29)13-17)27(36)37-24-12-9-16-5-1-2-6-18(16)21(24)14-32-33-25(34)15-31-26(35)20-7-3-4-8-23(20)30/h1-14H,15H2,(H,31,35)(H,33,34)/b32-14+. The first-order chi connectivity index (χ1) is 17.8. The van der Waals surface area contributed by atoms with E-state index in [0.29, 0.717) is 16.1 Å². The van der Waals surface area contributed by atoms with Crippen molar-refractivity contribution < 1.29 is 19.1 Å². The van der Waals surface area contributed by atoms with E-state index in [0.717, 1.165) is 14.3 Å². The summed E-state index contributed by atoms with van der Waals surface area (Å²) in [5.74, 6) is -1.34. The van der Waals surface area contributed by atoms with Gasteiger partial charge >= 0.3 is 5.97 Å². The van der Waals surface area contributed by atoms with Gasteiger partial charge in [0.25, 0.3) is 11.8 Å². The summed E-state index contributed by atoms with van der Waals surface area (Å²) in [6.07, 6.45) is 1.38. The van der Waals surface area contributed by atoms with E-state index in [2.05, 4.69) is 38.4 Å². The topological polar surface area (TPSA) is 96.9 Å². The first kappa shape index (κ1) is 26.6. The molecule has 0 aliphatic rings. The highest BCUT2D eigenvalue weighted by atomic mass is 127. The number of carbonyl (C=O) groups is 3. The van der Waals surface area contributed by atoms with Gasteiger partial charge in [0.1, 0.15) is 5.75 Å². The maximum absolute atomic E-state index is 12.8. The van der Waals surface area contributed by atoms with Gasteiger partial charge < -0.3 is 10.1 Å². The molecule has 0 radical (unpaired) electrons. The van der Waals surface area contributed by atoms with E-state index in [4.69, 9.17) is 27.9 Å². The predicted octanol–water partition coefficient (Wildman–Crippen LogP) is 5.85. The Morgan fingerprint density at radius 2 is 1.68 bits per heavy atom. The fraction of sp³-hybridized carbons (Fsp3) is 0.0370. The zero-order chi connectivity index (χ0) is 26.4. The maximum Gasteiger partial charge on any atom is 0.345 e. The molecule has 0 bridgehead atoms. The van der Waals surface area contributed by atoms with Crippen molar-refractivity contribution in [2.45, 2.75) is 0 Å². The summed E-state index contributed by atoms with van der Waals surface area (Å²) in [4.78, 5) is 37.4. The lowest BCUT2D eigenvalue weighted by atomic mass is 10.0. The van der Waals surface area contributed by atoms with Gasteiger partial charge in [-0.25, -0.2) is 10.2 Å². The van der Waals surface area contributed by atoms with Crippen LogP contribution in [0.15, 0.2) is 84.0 Å². The van der Waals surface area contributed by atoms with E-state index < -0.39 is 11.9 Å². The van der Waals surface area contributed by atoms with Gasteiger partial charge in [-0.2, -0.15) is 5.10 Å². The summed E-state index contributed by atoms with van der Waals surface area (Å²) < 4.78 is 6.40. The van der Waals surface area contributed by atoms with E-state index in [1.165, 1.54) is 18.3 Å². The number of halogens is 3. The molecular formula is C27H18Cl2IN3O4. The van der Waals surface area contributed by atoms with Crippen molar-refractivity contribution in [2.75, 3.05) is 6.54 Å². The molecule has 4 aromatic rings. The van der Waals surface area contributed by atoms with E-state index >= 15 is 0 Å². The zero-order valence-corrected chi connectivity index (χ0v) is 22.7. The number of fused-ring (bicyclic) bond motifs is 1. The SMILES string of the molecule is O=C(CNC(=O)c1ccccc1I)N/N=C/c1c(OC(=O)c2ccc(Cl)cc2Cl)ccc2ccccc12. The summed E-state index contributed by atoms with van der Waals surface area (Å²) in [5, 5.41) is 8.76. The minimum Gasteiger partial charge on any atom is -0.422 e. The normalized spacial score (nSPS) is 10.9. The van der Waals surface area contributed by atoms with Gasteiger partial charge in [0, 0.05) is 14.2 Å². The van der Waals surface area contributed by atoms with Crippen molar-refractivity contribution in [1.29, 1.82) is 0 Å². The van der Waals surface area contributed by atoms with Gasteiger partial charge in [0.15, 0.2) is 0 Å². The number of rotatable bonds is 7. The molecule has 2 N–H and O–H groups in total. The van der Waals surface area contributed by atoms with Gasteiger partial charge in [0.05, 0.1) is 28.9 Å². The molecule has 186 valence electrons. The molecule has 2 amide bonds. The molecule has 4 aromatic carbocycles. The van der Waals surface area contributed by atoms with Crippen LogP contribution in [-0.4, -0.2) is 30.5 Å². The van der Waals surface area contributed by atoms with Gasteiger partial charge in [-0.05, 0) is 69.8 Å². The number of benzene rings is 4. The molecule has 0 aromatic heterocycles. The van der Waals surface area contributed by atoms with Crippen LogP contribution in [0.2, 0.25) is 10.0 Å². The van der Waals surface area contributed by atoms with Crippen LogP contribution in [0, 0.1) is 3.57 Å². The highest BCUT2D eigenvalue weighted by molar-refractivity contribution is 14.1. The molecule has 10 heteroatoms. The minimum atomic E-state index is -0.672. The quantitative estimate of drug-likeness (QED) is 0.0867. The molecule has 0 heterocycles. The fourth-order valence-corrected chi connectivity index (χ4v) is 4.54. The second kappa shape index (κ2) is 12.2. The fourth-order valence-electron chi connectivity index (χ4n) is 3.42. The highest BCUT2D eigenvalue weighted by Gasteiger charge is 2.17. The predicted molar refractivity (Wildman–Crippen MR) is 153 cm³/mol. The number of nitrogens with one attached hydrogen (secondary N) is 2.